The van der Waals surface area contributed by atoms with Crippen molar-refractivity contribution in [3.63, 3.8) is 0 Å². The lowest BCUT2D eigenvalue weighted by molar-refractivity contribution is -0.139. The SMILES string of the molecule is CCC(C)CN(CC)C(=O)C1(C(N)=NO)CCCCCC1. The molecule has 1 unspecified atom stereocenters. The number of amidine groups is 1. The molecule has 0 aromatic carbocycles. The van der Waals surface area contributed by atoms with Crippen molar-refractivity contribution in [3.8, 4) is 0 Å². The van der Waals surface area contributed by atoms with Gasteiger partial charge in [-0.2, -0.15) is 0 Å². The van der Waals surface area contributed by atoms with Gasteiger partial charge >= 0.3 is 0 Å². The van der Waals surface area contributed by atoms with Crippen LogP contribution in [0.2, 0.25) is 0 Å². The molecule has 0 radical (unpaired) electrons. The van der Waals surface area contributed by atoms with Crippen molar-refractivity contribution in [1.82, 2.24) is 4.90 Å². The van der Waals surface area contributed by atoms with E-state index >= 15 is 0 Å². The maximum atomic E-state index is 13.1. The van der Waals surface area contributed by atoms with Gasteiger partial charge in [0.25, 0.3) is 0 Å². The van der Waals surface area contributed by atoms with E-state index < -0.39 is 5.41 Å². The molecule has 0 spiro atoms. The second-order valence-electron chi connectivity index (χ2n) is 6.34. The second kappa shape index (κ2) is 8.25. The van der Waals surface area contributed by atoms with Crippen molar-refractivity contribution in [2.75, 3.05) is 13.1 Å². The Morgan fingerprint density at radius 1 is 1.29 bits per heavy atom. The summed E-state index contributed by atoms with van der Waals surface area (Å²) in [5.74, 6) is 0.600. The van der Waals surface area contributed by atoms with Crippen molar-refractivity contribution in [3.05, 3.63) is 0 Å². The van der Waals surface area contributed by atoms with Crippen molar-refractivity contribution >= 4 is 11.7 Å². The Hall–Kier alpha value is -1.26. The number of nitrogens with zero attached hydrogens (tertiary/aromatic N) is 2. The third kappa shape index (κ3) is 4.11. The number of hydrogen-bond acceptors (Lipinski definition) is 3. The Balaban J connectivity index is 3.03. The maximum absolute atomic E-state index is 13.1. The summed E-state index contributed by atoms with van der Waals surface area (Å²) in [6.45, 7) is 7.69. The van der Waals surface area contributed by atoms with Crippen LogP contribution in [0, 0.1) is 11.3 Å². The number of carbonyl (C=O) groups is 1. The molecule has 1 fully saturated rings. The first-order chi connectivity index (χ1) is 10.0. The van der Waals surface area contributed by atoms with Gasteiger partial charge in [0.2, 0.25) is 5.91 Å². The van der Waals surface area contributed by atoms with Crippen LogP contribution in [0.25, 0.3) is 0 Å². The number of hydrogen-bond donors (Lipinski definition) is 2. The highest BCUT2D eigenvalue weighted by atomic mass is 16.4. The van der Waals surface area contributed by atoms with E-state index in [0.717, 1.165) is 38.6 Å². The topological polar surface area (TPSA) is 78.9 Å². The Morgan fingerprint density at radius 3 is 2.29 bits per heavy atom. The van der Waals surface area contributed by atoms with E-state index in [4.69, 9.17) is 10.9 Å². The van der Waals surface area contributed by atoms with Crippen LogP contribution in [0.3, 0.4) is 0 Å². The molecule has 1 aliphatic rings. The first-order valence-corrected chi connectivity index (χ1v) is 8.29. The van der Waals surface area contributed by atoms with Crippen LogP contribution in [-0.4, -0.2) is 34.9 Å². The highest BCUT2D eigenvalue weighted by Crippen LogP contribution is 2.37. The summed E-state index contributed by atoms with van der Waals surface area (Å²) in [5, 5.41) is 12.4. The predicted molar refractivity (Wildman–Crippen MR) is 85.3 cm³/mol. The van der Waals surface area contributed by atoms with E-state index in [2.05, 4.69) is 19.0 Å². The molecule has 1 atom stereocenters. The van der Waals surface area contributed by atoms with Gasteiger partial charge in [0, 0.05) is 13.1 Å². The van der Waals surface area contributed by atoms with Crippen LogP contribution in [0.1, 0.15) is 65.7 Å². The predicted octanol–water partition coefficient (Wildman–Crippen LogP) is 2.97. The fraction of sp³-hybridized carbons (Fsp3) is 0.875. The van der Waals surface area contributed by atoms with Gasteiger partial charge in [-0.1, -0.05) is 51.1 Å². The lowest BCUT2D eigenvalue weighted by atomic mass is 9.77. The van der Waals surface area contributed by atoms with Crippen LogP contribution in [0.15, 0.2) is 5.16 Å². The third-order valence-electron chi connectivity index (χ3n) is 4.86. The first kappa shape index (κ1) is 17.8. The Bertz CT molecular complexity index is 361. The summed E-state index contributed by atoms with van der Waals surface area (Å²) >= 11 is 0. The Labute approximate surface area is 128 Å². The molecular weight excluding hydrogens is 266 g/mol. The summed E-state index contributed by atoms with van der Waals surface area (Å²) in [6, 6.07) is 0. The number of carbonyl (C=O) groups excluding carboxylic acids is 1. The van der Waals surface area contributed by atoms with Gasteiger partial charge in [-0.05, 0) is 25.7 Å². The highest BCUT2D eigenvalue weighted by molar-refractivity contribution is 6.06. The quantitative estimate of drug-likeness (QED) is 0.260. The summed E-state index contributed by atoms with van der Waals surface area (Å²) in [4.78, 5) is 15.0. The number of amides is 1. The minimum absolute atomic E-state index is 0.0440. The minimum Gasteiger partial charge on any atom is -0.409 e. The molecule has 1 saturated carbocycles. The number of rotatable bonds is 6. The van der Waals surface area contributed by atoms with Gasteiger partial charge in [0.05, 0.1) is 0 Å². The van der Waals surface area contributed by atoms with Crippen molar-refractivity contribution in [2.45, 2.75) is 65.7 Å². The van der Waals surface area contributed by atoms with Gasteiger partial charge in [-0.3, -0.25) is 4.79 Å². The zero-order valence-electron chi connectivity index (χ0n) is 13.8. The van der Waals surface area contributed by atoms with Gasteiger partial charge in [-0.15, -0.1) is 0 Å². The summed E-state index contributed by atoms with van der Waals surface area (Å²) in [5.41, 5.74) is 5.16. The molecule has 122 valence electrons. The first-order valence-electron chi connectivity index (χ1n) is 8.29. The summed E-state index contributed by atoms with van der Waals surface area (Å²) < 4.78 is 0. The van der Waals surface area contributed by atoms with E-state index in [1.165, 1.54) is 0 Å². The molecule has 0 aliphatic heterocycles. The van der Waals surface area contributed by atoms with Crippen molar-refractivity contribution in [2.24, 2.45) is 22.2 Å². The largest absolute Gasteiger partial charge is 0.409 e. The van der Waals surface area contributed by atoms with Crippen LogP contribution >= 0.6 is 0 Å². The average molecular weight is 297 g/mol. The minimum atomic E-state index is -0.797. The zero-order chi connectivity index (χ0) is 15.9. The summed E-state index contributed by atoms with van der Waals surface area (Å²) in [7, 11) is 0. The molecule has 21 heavy (non-hydrogen) atoms. The summed E-state index contributed by atoms with van der Waals surface area (Å²) in [6.07, 6.45) is 6.58. The van der Waals surface area contributed by atoms with Crippen molar-refractivity contribution in [1.29, 1.82) is 0 Å². The molecule has 1 rings (SSSR count). The number of nitrogens with two attached hydrogens (primary N) is 1. The molecule has 5 heteroatoms. The zero-order valence-corrected chi connectivity index (χ0v) is 13.8. The molecule has 1 amide bonds. The average Bonchev–Trinajstić information content (AvgIpc) is 2.77. The molecule has 3 N–H and O–H groups in total. The monoisotopic (exact) mass is 297 g/mol. The Morgan fingerprint density at radius 2 is 1.86 bits per heavy atom. The van der Waals surface area contributed by atoms with Gasteiger partial charge in [-0.25, -0.2) is 0 Å². The lowest BCUT2D eigenvalue weighted by Crippen LogP contribution is -2.52. The van der Waals surface area contributed by atoms with Crippen LogP contribution in [0.5, 0.6) is 0 Å². The Kier molecular flexibility index (Phi) is 6.99. The van der Waals surface area contributed by atoms with E-state index in [9.17, 15) is 4.79 Å². The third-order valence-corrected chi connectivity index (χ3v) is 4.86. The van der Waals surface area contributed by atoms with E-state index in [1.807, 2.05) is 11.8 Å². The van der Waals surface area contributed by atoms with E-state index in [0.29, 0.717) is 25.3 Å². The van der Waals surface area contributed by atoms with Gasteiger partial charge in [0.15, 0.2) is 5.84 Å². The van der Waals surface area contributed by atoms with Gasteiger partial charge < -0.3 is 15.8 Å². The van der Waals surface area contributed by atoms with Crippen molar-refractivity contribution < 1.29 is 10.0 Å². The number of oxime groups is 1. The van der Waals surface area contributed by atoms with E-state index in [-0.39, 0.29) is 11.7 Å². The highest BCUT2D eigenvalue weighted by Gasteiger charge is 2.45. The van der Waals surface area contributed by atoms with Crippen LogP contribution < -0.4 is 5.73 Å². The molecule has 5 nitrogen and oxygen atoms in total. The normalized spacial score (nSPS) is 20.6. The second-order valence-corrected chi connectivity index (χ2v) is 6.34. The van der Waals surface area contributed by atoms with Gasteiger partial charge in [0.1, 0.15) is 5.41 Å². The lowest BCUT2D eigenvalue weighted by Gasteiger charge is -2.36. The fourth-order valence-electron chi connectivity index (χ4n) is 3.17. The standard InChI is InChI=1S/C16H31N3O2/c1-4-13(3)12-19(5-2)15(20)16(14(17)18-21)10-8-6-7-9-11-16/h13,21H,4-12H2,1-3H3,(H2,17,18). The fourth-order valence-corrected chi connectivity index (χ4v) is 3.17. The molecule has 0 aromatic rings. The van der Waals surface area contributed by atoms with Crippen LogP contribution in [-0.2, 0) is 4.79 Å². The van der Waals surface area contributed by atoms with Crippen LogP contribution in [0.4, 0.5) is 0 Å². The molecule has 0 saturated heterocycles. The molecular formula is C16H31N3O2. The smallest absolute Gasteiger partial charge is 0.236 e. The molecule has 0 aromatic heterocycles. The molecule has 1 aliphatic carbocycles. The van der Waals surface area contributed by atoms with E-state index in [1.54, 1.807) is 0 Å². The maximum Gasteiger partial charge on any atom is 0.236 e. The molecule has 0 bridgehead atoms. The molecule has 0 heterocycles.